The molecule has 130 valence electrons. The smallest absolute Gasteiger partial charge is 0.270 e. The van der Waals surface area contributed by atoms with Crippen LogP contribution in [0.3, 0.4) is 0 Å². The zero-order chi connectivity index (χ0) is 18.0. The van der Waals surface area contributed by atoms with Gasteiger partial charge in [0.25, 0.3) is 5.91 Å². The highest BCUT2D eigenvalue weighted by atomic mass is 19.1. The Morgan fingerprint density at radius 3 is 2.60 bits per heavy atom. The molecule has 0 spiro atoms. The summed E-state index contributed by atoms with van der Waals surface area (Å²) in [6, 6.07) is 11.6. The first-order chi connectivity index (χ1) is 12.0. The summed E-state index contributed by atoms with van der Waals surface area (Å²) in [5.41, 5.74) is 2.64. The molecule has 0 bridgehead atoms. The minimum absolute atomic E-state index is 0.0579. The van der Waals surface area contributed by atoms with Crippen LogP contribution in [-0.4, -0.2) is 26.3 Å². The molecule has 0 saturated heterocycles. The lowest BCUT2D eigenvalue weighted by Gasteiger charge is -2.12. The van der Waals surface area contributed by atoms with E-state index in [1.165, 1.54) is 12.1 Å². The van der Waals surface area contributed by atoms with E-state index in [0.717, 1.165) is 12.1 Å². The second kappa shape index (κ2) is 6.93. The van der Waals surface area contributed by atoms with E-state index < -0.39 is 0 Å². The lowest BCUT2D eigenvalue weighted by Crippen LogP contribution is -2.33. The van der Waals surface area contributed by atoms with Crippen LogP contribution in [0.1, 0.15) is 30.8 Å². The maximum Gasteiger partial charge on any atom is 0.270 e. The van der Waals surface area contributed by atoms with E-state index in [4.69, 9.17) is 0 Å². The average Bonchev–Trinajstić information content (AvgIpc) is 3.21. The predicted octanol–water partition coefficient (Wildman–Crippen LogP) is 3.55. The molecule has 2 heterocycles. The summed E-state index contributed by atoms with van der Waals surface area (Å²) >= 11 is 0. The van der Waals surface area contributed by atoms with Crippen LogP contribution in [0.15, 0.2) is 48.7 Å². The fourth-order valence-corrected chi connectivity index (χ4v) is 2.57. The second-order valence-corrected chi connectivity index (χ2v) is 6.09. The number of carbonyl (C=O) groups is 1. The Labute approximate surface area is 146 Å². The SMILES string of the molecule is CCC(C)NC(=O)c1cc(-c2cccn2C)nn1-c1ccc(F)cc1. The Kier molecular flexibility index (Phi) is 4.70. The Morgan fingerprint density at radius 1 is 1.28 bits per heavy atom. The van der Waals surface area contributed by atoms with Crippen molar-refractivity contribution in [3.05, 3.63) is 60.2 Å². The molecule has 0 radical (unpaired) electrons. The van der Waals surface area contributed by atoms with Gasteiger partial charge in [-0.2, -0.15) is 5.10 Å². The third-order valence-corrected chi connectivity index (χ3v) is 4.21. The van der Waals surface area contributed by atoms with Crippen molar-refractivity contribution in [2.24, 2.45) is 7.05 Å². The van der Waals surface area contributed by atoms with Crippen LogP contribution < -0.4 is 5.32 Å². The number of hydrogen-bond donors (Lipinski definition) is 1. The van der Waals surface area contributed by atoms with Crippen LogP contribution >= 0.6 is 0 Å². The van der Waals surface area contributed by atoms with Gasteiger partial charge in [-0.05, 0) is 55.8 Å². The summed E-state index contributed by atoms with van der Waals surface area (Å²) in [4.78, 5) is 12.7. The normalized spacial score (nSPS) is 12.2. The molecule has 3 rings (SSSR count). The molecule has 3 aromatic rings. The van der Waals surface area contributed by atoms with Crippen LogP contribution in [0, 0.1) is 5.82 Å². The van der Waals surface area contributed by atoms with Crippen molar-refractivity contribution in [3.8, 4) is 17.1 Å². The Balaban J connectivity index is 2.07. The quantitative estimate of drug-likeness (QED) is 0.772. The molecule has 5 nitrogen and oxygen atoms in total. The van der Waals surface area contributed by atoms with Gasteiger partial charge in [0.15, 0.2) is 0 Å². The number of amides is 1. The lowest BCUT2D eigenvalue weighted by molar-refractivity contribution is 0.0931. The van der Waals surface area contributed by atoms with Crippen molar-refractivity contribution >= 4 is 5.91 Å². The van der Waals surface area contributed by atoms with E-state index in [2.05, 4.69) is 10.4 Å². The van der Waals surface area contributed by atoms with Gasteiger partial charge in [0.2, 0.25) is 0 Å². The van der Waals surface area contributed by atoms with Gasteiger partial charge in [-0.15, -0.1) is 0 Å². The van der Waals surface area contributed by atoms with Crippen molar-refractivity contribution < 1.29 is 9.18 Å². The molecule has 0 saturated carbocycles. The van der Waals surface area contributed by atoms with Crippen LogP contribution in [0.4, 0.5) is 4.39 Å². The molecule has 1 aromatic carbocycles. The molecule has 25 heavy (non-hydrogen) atoms. The summed E-state index contributed by atoms with van der Waals surface area (Å²) in [5.74, 6) is -0.532. The predicted molar refractivity (Wildman–Crippen MR) is 95.1 cm³/mol. The summed E-state index contributed by atoms with van der Waals surface area (Å²) in [6.45, 7) is 3.96. The first-order valence-corrected chi connectivity index (χ1v) is 8.28. The van der Waals surface area contributed by atoms with Gasteiger partial charge in [0, 0.05) is 19.3 Å². The molecule has 0 aliphatic rings. The molecule has 0 fully saturated rings. The van der Waals surface area contributed by atoms with Crippen molar-refractivity contribution in [3.63, 3.8) is 0 Å². The first-order valence-electron chi connectivity index (χ1n) is 8.28. The van der Waals surface area contributed by atoms with Crippen LogP contribution in [-0.2, 0) is 7.05 Å². The number of halogens is 1. The summed E-state index contributed by atoms with van der Waals surface area (Å²) < 4.78 is 16.7. The van der Waals surface area contributed by atoms with Gasteiger partial charge in [-0.25, -0.2) is 9.07 Å². The molecular weight excluding hydrogens is 319 g/mol. The van der Waals surface area contributed by atoms with Crippen LogP contribution in [0.25, 0.3) is 17.1 Å². The standard InChI is InChI=1S/C19H21FN4O/c1-4-13(2)21-19(25)18-12-16(17-6-5-11-23(17)3)22-24(18)15-9-7-14(20)8-10-15/h5-13H,4H2,1-3H3,(H,21,25). The molecule has 6 heteroatoms. The number of carbonyl (C=O) groups excluding carboxylic acids is 1. The summed E-state index contributed by atoms with van der Waals surface area (Å²) in [5, 5.41) is 7.54. The highest BCUT2D eigenvalue weighted by Gasteiger charge is 2.19. The van der Waals surface area contributed by atoms with Gasteiger partial charge in [0.05, 0.1) is 11.4 Å². The molecule has 2 aromatic heterocycles. The molecule has 0 aliphatic carbocycles. The number of nitrogens with zero attached hydrogens (tertiary/aromatic N) is 3. The Morgan fingerprint density at radius 2 is 2.00 bits per heavy atom. The van der Waals surface area contributed by atoms with Crippen LogP contribution in [0.5, 0.6) is 0 Å². The maximum atomic E-state index is 13.2. The van der Waals surface area contributed by atoms with Gasteiger partial charge in [0.1, 0.15) is 17.2 Å². The minimum Gasteiger partial charge on any atom is -0.349 e. The second-order valence-electron chi connectivity index (χ2n) is 6.09. The van der Waals surface area contributed by atoms with E-state index in [9.17, 15) is 9.18 Å². The Bertz CT molecular complexity index is 879. The van der Waals surface area contributed by atoms with Gasteiger partial charge in [-0.3, -0.25) is 4.79 Å². The molecular formula is C19H21FN4O. The topological polar surface area (TPSA) is 51.9 Å². The van der Waals surface area contributed by atoms with Gasteiger partial charge < -0.3 is 9.88 Å². The number of aryl methyl sites for hydroxylation is 1. The molecule has 1 N–H and O–H groups in total. The summed E-state index contributed by atoms with van der Waals surface area (Å²) in [6.07, 6.45) is 2.76. The van der Waals surface area contributed by atoms with Crippen molar-refractivity contribution in [1.82, 2.24) is 19.7 Å². The molecule has 0 aliphatic heterocycles. The third kappa shape index (κ3) is 3.47. The zero-order valence-electron chi connectivity index (χ0n) is 14.5. The van der Waals surface area contributed by atoms with E-state index in [-0.39, 0.29) is 17.8 Å². The van der Waals surface area contributed by atoms with Crippen molar-refractivity contribution in [1.29, 1.82) is 0 Å². The number of rotatable bonds is 5. The van der Waals surface area contributed by atoms with E-state index in [1.807, 2.05) is 43.8 Å². The van der Waals surface area contributed by atoms with Crippen molar-refractivity contribution in [2.45, 2.75) is 26.3 Å². The number of nitrogens with one attached hydrogen (secondary N) is 1. The molecule has 1 amide bonds. The van der Waals surface area contributed by atoms with E-state index in [1.54, 1.807) is 22.9 Å². The number of benzene rings is 1. The number of hydrogen-bond acceptors (Lipinski definition) is 2. The maximum absolute atomic E-state index is 13.2. The first kappa shape index (κ1) is 17.0. The van der Waals surface area contributed by atoms with Crippen LogP contribution in [0.2, 0.25) is 0 Å². The fourth-order valence-electron chi connectivity index (χ4n) is 2.57. The van der Waals surface area contributed by atoms with Crippen molar-refractivity contribution in [2.75, 3.05) is 0 Å². The molecule has 1 unspecified atom stereocenters. The zero-order valence-corrected chi connectivity index (χ0v) is 14.5. The average molecular weight is 340 g/mol. The fraction of sp³-hybridized carbons (Fsp3) is 0.263. The third-order valence-electron chi connectivity index (χ3n) is 4.21. The minimum atomic E-state index is -0.329. The molecule has 1 atom stereocenters. The van der Waals surface area contributed by atoms with E-state index in [0.29, 0.717) is 17.1 Å². The van der Waals surface area contributed by atoms with Gasteiger partial charge in [-0.1, -0.05) is 6.92 Å². The highest BCUT2D eigenvalue weighted by Crippen LogP contribution is 2.22. The Hall–Kier alpha value is -2.89. The lowest BCUT2D eigenvalue weighted by atomic mass is 10.2. The largest absolute Gasteiger partial charge is 0.349 e. The summed E-state index contributed by atoms with van der Waals surface area (Å²) in [7, 11) is 1.92. The van der Waals surface area contributed by atoms with E-state index >= 15 is 0 Å². The monoisotopic (exact) mass is 340 g/mol. The highest BCUT2D eigenvalue weighted by molar-refractivity contribution is 5.94. The van der Waals surface area contributed by atoms with Gasteiger partial charge >= 0.3 is 0 Å². The number of aromatic nitrogens is 3.